The Balaban J connectivity index is 1.36. The van der Waals surface area contributed by atoms with Crippen LogP contribution in [0.5, 0.6) is 0 Å². The topological polar surface area (TPSA) is 68.0 Å². The van der Waals surface area contributed by atoms with Crippen LogP contribution >= 0.6 is 0 Å². The number of nitrogens with one attached hydrogen (secondary N) is 1. The van der Waals surface area contributed by atoms with Gasteiger partial charge in [-0.05, 0) is 30.5 Å². The van der Waals surface area contributed by atoms with E-state index in [1.807, 2.05) is 36.3 Å². The zero-order valence-electron chi connectivity index (χ0n) is 16.2. The molecule has 1 aromatic carbocycles. The summed E-state index contributed by atoms with van der Waals surface area (Å²) in [5.74, 6) is 0.548. The smallest absolute Gasteiger partial charge is 0.239 e. The van der Waals surface area contributed by atoms with Crippen LogP contribution in [0.25, 0.3) is 11.3 Å². The summed E-state index contributed by atoms with van der Waals surface area (Å²) >= 11 is 0. The number of carbonyl (C=O) groups is 1. The minimum atomic E-state index is -0.0390. The van der Waals surface area contributed by atoms with Crippen LogP contribution in [0.3, 0.4) is 0 Å². The van der Waals surface area contributed by atoms with E-state index in [9.17, 15) is 4.79 Å². The summed E-state index contributed by atoms with van der Waals surface area (Å²) in [6, 6.07) is 10.0. The molecule has 1 aliphatic heterocycles. The van der Waals surface area contributed by atoms with Crippen molar-refractivity contribution in [3.8, 4) is 5.69 Å². The van der Waals surface area contributed by atoms with E-state index in [0.29, 0.717) is 12.4 Å². The number of carbonyl (C=O) groups excluding carboxylic acids is 1. The van der Waals surface area contributed by atoms with Crippen LogP contribution in [-0.4, -0.2) is 50.0 Å². The molecular weight excluding hydrogens is 352 g/mol. The molecular formula is C21H24N6O. The predicted octanol–water partition coefficient (Wildman–Crippen LogP) is 2.64. The summed E-state index contributed by atoms with van der Waals surface area (Å²) < 4.78 is 3.60. The molecule has 7 nitrogen and oxygen atoms in total. The van der Waals surface area contributed by atoms with E-state index in [0.717, 1.165) is 30.8 Å². The second-order valence-electron chi connectivity index (χ2n) is 7.10. The monoisotopic (exact) mass is 376 g/mol. The Kier molecular flexibility index (Phi) is 5.08. The first-order valence-electron chi connectivity index (χ1n) is 9.40. The molecule has 1 N–H and O–H groups in total. The normalized spacial score (nSPS) is 14.7. The number of aryl methyl sites for hydroxylation is 2. The number of rotatable bonds is 5. The lowest BCUT2D eigenvalue weighted by molar-refractivity contribution is -0.117. The van der Waals surface area contributed by atoms with Crippen molar-refractivity contribution < 1.29 is 4.79 Å². The molecule has 1 amide bonds. The Morgan fingerprint density at radius 2 is 2.11 bits per heavy atom. The zero-order chi connectivity index (χ0) is 19.5. The number of anilines is 1. The van der Waals surface area contributed by atoms with Crippen molar-refractivity contribution in [2.75, 3.05) is 25.0 Å². The highest BCUT2D eigenvalue weighted by atomic mass is 16.2. The van der Waals surface area contributed by atoms with Gasteiger partial charge in [0.05, 0.1) is 18.4 Å². The minimum Gasteiger partial charge on any atom is -0.308 e. The highest BCUT2D eigenvalue weighted by molar-refractivity contribution is 5.91. The lowest BCUT2D eigenvalue weighted by Crippen LogP contribution is -2.36. The van der Waals surface area contributed by atoms with Gasteiger partial charge in [0.1, 0.15) is 0 Å². The lowest BCUT2D eigenvalue weighted by atomic mass is 10.0. The molecule has 0 bridgehead atoms. The van der Waals surface area contributed by atoms with Crippen molar-refractivity contribution >= 4 is 17.3 Å². The number of nitrogens with zero attached hydrogens (tertiary/aromatic N) is 5. The van der Waals surface area contributed by atoms with Crippen LogP contribution in [0.2, 0.25) is 0 Å². The Hall–Kier alpha value is -3.19. The number of hydrogen-bond acceptors (Lipinski definition) is 4. The van der Waals surface area contributed by atoms with E-state index < -0.39 is 0 Å². The van der Waals surface area contributed by atoms with Gasteiger partial charge in [0, 0.05) is 44.2 Å². The minimum absolute atomic E-state index is 0.0390. The maximum absolute atomic E-state index is 12.2. The third-order valence-electron chi connectivity index (χ3n) is 4.96. The summed E-state index contributed by atoms with van der Waals surface area (Å²) in [5, 5.41) is 11.5. The van der Waals surface area contributed by atoms with Crippen molar-refractivity contribution in [1.82, 2.24) is 24.5 Å². The molecule has 0 fully saturated rings. The van der Waals surface area contributed by atoms with Gasteiger partial charge in [-0.2, -0.15) is 10.2 Å². The van der Waals surface area contributed by atoms with Gasteiger partial charge in [0.25, 0.3) is 0 Å². The van der Waals surface area contributed by atoms with E-state index in [1.165, 1.54) is 11.1 Å². The van der Waals surface area contributed by atoms with E-state index in [1.54, 1.807) is 10.7 Å². The van der Waals surface area contributed by atoms with Gasteiger partial charge in [-0.25, -0.2) is 4.68 Å². The quantitative estimate of drug-likeness (QED) is 0.743. The van der Waals surface area contributed by atoms with Crippen LogP contribution < -0.4 is 5.32 Å². The molecule has 4 rings (SSSR count). The highest BCUT2D eigenvalue weighted by Crippen LogP contribution is 2.23. The third-order valence-corrected chi connectivity index (χ3v) is 4.96. The largest absolute Gasteiger partial charge is 0.308 e. The molecule has 3 aromatic rings. The van der Waals surface area contributed by atoms with Gasteiger partial charge in [0.15, 0.2) is 5.82 Å². The lowest BCUT2D eigenvalue weighted by Gasteiger charge is -2.25. The molecule has 0 radical (unpaired) electrons. The van der Waals surface area contributed by atoms with E-state index in [-0.39, 0.29) is 5.91 Å². The second-order valence-corrected chi connectivity index (χ2v) is 7.10. The molecule has 0 saturated carbocycles. The van der Waals surface area contributed by atoms with Gasteiger partial charge in [-0.3, -0.25) is 14.4 Å². The Labute approximate surface area is 164 Å². The van der Waals surface area contributed by atoms with E-state index in [2.05, 4.69) is 51.7 Å². The molecule has 3 heterocycles. The van der Waals surface area contributed by atoms with Gasteiger partial charge in [-0.1, -0.05) is 24.3 Å². The number of amides is 1. The first kappa shape index (κ1) is 18.2. The molecule has 0 atom stereocenters. The predicted molar refractivity (Wildman–Crippen MR) is 109 cm³/mol. The molecule has 2 aromatic heterocycles. The first-order chi connectivity index (χ1) is 13.6. The van der Waals surface area contributed by atoms with Crippen LogP contribution in [0.15, 0.2) is 55.0 Å². The molecule has 7 heteroatoms. The Morgan fingerprint density at radius 1 is 1.25 bits per heavy atom. The molecule has 0 unspecified atom stereocenters. The van der Waals surface area contributed by atoms with Gasteiger partial charge in [-0.15, -0.1) is 0 Å². The molecule has 1 aliphatic rings. The highest BCUT2D eigenvalue weighted by Gasteiger charge is 2.17. The maximum atomic E-state index is 12.2. The van der Waals surface area contributed by atoms with Gasteiger partial charge in [0.2, 0.25) is 5.91 Å². The standard InChI is InChI=1S/C21H24N6O/c1-16-5-3-4-6-19(16)27-14-18(13-22-27)17-7-11-26(12-8-17)15-21(28)23-20-9-10-25(2)24-20/h3-7,9-10,13-14H,8,11-12,15H2,1-2H3,(H,23,24,28). The first-order valence-corrected chi connectivity index (χ1v) is 9.40. The van der Waals surface area contributed by atoms with Crippen LogP contribution in [0.1, 0.15) is 17.5 Å². The van der Waals surface area contributed by atoms with Crippen LogP contribution in [0, 0.1) is 6.92 Å². The molecule has 0 saturated heterocycles. The Morgan fingerprint density at radius 3 is 2.82 bits per heavy atom. The molecule has 28 heavy (non-hydrogen) atoms. The molecule has 144 valence electrons. The summed E-state index contributed by atoms with van der Waals surface area (Å²) in [4.78, 5) is 14.3. The number of aromatic nitrogens is 4. The van der Waals surface area contributed by atoms with Gasteiger partial charge >= 0.3 is 0 Å². The second kappa shape index (κ2) is 7.82. The fourth-order valence-corrected chi connectivity index (χ4v) is 3.43. The van der Waals surface area contributed by atoms with Crippen molar-refractivity contribution in [2.45, 2.75) is 13.3 Å². The van der Waals surface area contributed by atoms with Gasteiger partial charge < -0.3 is 5.32 Å². The van der Waals surface area contributed by atoms with Crippen molar-refractivity contribution in [3.05, 3.63) is 66.1 Å². The summed E-state index contributed by atoms with van der Waals surface area (Å²) in [7, 11) is 1.83. The molecule has 0 spiro atoms. The average molecular weight is 376 g/mol. The average Bonchev–Trinajstić information content (AvgIpc) is 3.32. The van der Waals surface area contributed by atoms with Crippen molar-refractivity contribution in [2.24, 2.45) is 7.05 Å². The summed E-state index contributed by atoms with van der Waals surface area (Å²) in [5.41, 5.74) is 4.71. The van der Waals surface area contributed by atoms with Crippen molar-refractivity contribution in [1.29, 1.82) is 0 Å². The number of para-hydroxylation sites is 1. The summed E-state index contributed by atoms with van der Waals surface area (Å²) in [6.07, 6.45) is 8.90. The fraction of sp³-hybridized carbons (Fsp3) is 0.286. The Bertz CT molecular complexity index is 1020. The van der Waals surface area contributed by atoms with Crippen molar-refractivity contribution in [3.63, 3.8) is 0 Å². The number of hydrogen-bond donors (Lipinski definition) is 1. The SMILES string of the molecule is Cc1ccccc1-n1cc(C2=CCN(CC(=O)Nc3ccn(C)n3)CC2)cn1. The third kappa shape index (κ3) is 4.04. The van der Waals surface area contributed by atoms with E-state index >= 15 is 0 Å². The number of benzene rings is 1. The summed E-state index contributed by atoms with van der Waals surface area (Å²) in [6.45, 7) is 4.05. The fourth-order valence-electron chi connectivity index (χ4n) is 3.43. The van der Waals surface area contributed by atoms with E-state index in [4.69, 9.17) is 0 Å². The van der Waals surface area contributed by atoms with Crippen LogP contribution in [-0.2, 0) is 11.8 Å². The molecule has 0 aliphatic carbocycles. The zero-order valence-corrected chi connectivity index (χ0v) is 16.2. The maximum Gasteiger partial charge on any atom is 0.239 e. The van der Waals surface area contributed by atoms with Crippen LogP contribution in [0.4, 0.5) is 5.82 Å².